The van der Waals surface area contributed by atoms with Gasteiger partial charge in [-0.1, -0.05) is 12.1 Å². The standard InChI is InChI=1S/C18H14F3N3O/c1-11-6-7-13(16(10-11)25-18(19,20)21)14-4-3-5-15(24-14)17-22-9-8-12(2)23-17/h3-10H,1-2H3. The van der Waals surface area contributed by atoms with Gasteiger partial charge in [-0.3, -0.25) is 0 Å². The third-order valence-electron chi connectivity index (χ3n) is 3.41. The van der Waals surface area contributed by atoms with Crippen molar-refractivity contribution in [2.45, 2.75) is 20.2 Å². The molecule has 0 aliphatic heterocycles. The van der Waals surface area contributed by atoms with Crippen LogP contribution in [0.25, 0.3) is 22.8 Å². The van der Waals surface area contributed by atoms with Gasteiger partial charge in [-0.2, -0.15) is 0 Å². The number of aryl methyl sites for hydroxylation is 2. The summed E-state index contributed by atoms with van der Waals surface area (Å²) in [6, 6.07) is 11.4. The van der Waals surface area contributed by atoms with Crippen LogP contribution in [0.15, 0.2) is 48.7 Å². The first-order valence-electron chi connectivity index (χ1n) is 7.46. The van der Waals surface area contributed by atoms with E-state index in [1.54, 1.807) is 49.5 Å². The van der Waals surface area contributed by atoms with Crippen LogP contribution < -0.4 is 4.74 Å². The maximum Gasteiger partial charge on any atom is 0.573 e. The van der Waals surface area contributed by atoms with Crippen LogP contribution in [0.3, 0.4) is 0 Å². The van der Waals surface area contributed by atoms with Crippen LogP contribution in [0.1, 0.15) is 11.3 Å². The normalized spacial score (nSPS) is 11.4. The van der Waals surface area contributed by atoms with Crippen molar-refractivity contribution in [1.29, 1.82) is 0 Å². The van der Waals surface area contributed by atoms with E-state index in [4.69, 9.17) is 0 Å². The molecule has 3 rings (SSSR count). The van der Waals surface area contributed by atoms with E-state index in [1.165, 1.54) is 6.07 Å². The van der Waals surface area contributed by atoms with Crippen LogP contribution in [-0.2, 0) is 0 Å². The SMILES string of the molecule is Cc1ccc(-c2cccc(-c3nccc(C)n3)n2)c(OC(F)(F)F)c1. The maximum atomic E-state index is 12.7. The van der Waals surface area contributed by atoms with Crippen LogP contribution in [0.5, 0.6) is 5.75 Å². The lowest BCUT2D eigenvalue weighted by atomic mass is 10.1. The minimum absolute atomic E-state index is 0.248. The molecule has 0 aliphatic rings. The first-order chi connectivity index (χ1) is 11.8. The molecule has 0 aliphatic carbocycles. The minimum atomic E-state index is -4.78. The summed E-state index contributed by atoms with van der Waals surface area (Å²) in [5.74, 6) is 0.120. The maximum absolute atomic E-state index is 12.7. The van der Waals surface area contributed by atoms with Crippen LogP contribution >= 0.6 is 0 Å². The molecule has 1 aromatic carbocycles. The Bertz CT molecular complexity index is 910. The Hall–Kier alpha value is -2.96. The molecule has 0 fully saturated rings. The summed E-state index contributed by atoms with van der Waals surface area (Å²) in [5.41, 5.74) is 2.49. The highest BCUT2D eigenvalue weighted by molar-refractivity contribution is 5.69. The van der Waals surface area contributed by atoms with Crippen LogP contribution in [0.4, 0.5) is 13.2 Å². The van der Waals surface area contributed by atoms with Gasteiger partial charge in [0.05, 0.1) is 5.69 Å². The second-order valence-corrected chi connectivity index (χ2v) is 5.48. The number of benzene rings is 1. The molecule has 128 valence electrons. The second kappa shape index (κ2) is 6.51. The number of halogens is 3. The first-order valence-corrected chi connectivity index (χ1v) is 7.46. The van der Waals surface area contributed by atoms with E-state index in [0.717, 1.165) is 5.69 Å². The van der Waals surface area contributed by atoms with Crippen LogP contribution in [0.2, 0.25) is 0 Å². The van der Waals surface area contributed by atoms with Crippen molar-refractivity contribution in [3.8, 4) is 28.5 Å². The fraction of sp³-hybridized carbons (Fsp3) is 0.167. The third kappa shape index (κ3) is 4.12. The van der Waals surface area contributed by atoms with Crippen molar-refractivity contribution in [2.75, 3.05) is 0 Å². The van der Waals surface area contributed by atoms with Gasteiger partial charge in [0.1, 0.15) is 11.4 Å². The van der Waals surface area contributed by atoms with Gasteiger partial charge >= 0.3 is 6.36 Å². The molecule has 2 aromatic heterocycles. The number of rotatable bonds is 3. The summed E-state index contributed by atoms with van der Waals surface area (Å²) in [6.45, 7) is 3.52. The van der Waals surface area contributed by atoms with Gasteiger partial charge in [-0.05, 0) is 49.7 Å². The monoisotopic (exact) mass is 345 g/mol. The van der Waals surface area contributed by atoms with E-state index in [2.05, 4.69) is 19.7 Å². The molecule has 4 nitrogen and oxygen atoms in total. The molecule has 25 heavy (non-hydrogen) atoms. The topological polar surface area (TPSA) is 47.9 Å². The number of alkyl halides is 3. The lowest BCUT2D eigenvalue weighted by Gasteiger charge is -2.14. The van der Waals surface area contributed by atoms with Gasteiger partial charge < -0.3 is 4.74 Å². The first kappa shape index (κ1) is 16.9. The van der Waals surface area contributed by atoms with Gasteiger partial charge in [0.15, 0.2) is 5.82 Å². The van der Waals surface area contributed by atoms with Gasteiger partial charge in [0, 0.05) is 17.5 Å². The smallest absolute Gasteiger partial charge is 0.405 e. The van der Waals surface area contributed by atoms with Crippen molar-refractivity contribution in [3.05, 3.63) is 59.9 Å². The van der Waals surface area contributed by atoms with Crippen LogP contribution in [0, 0.1) is 13.8 Å². The molecule has 0 saturated heterocycles. The molecule has 0 unspecified atom stereocenters. The Kier molecular flexibility index (Phi) is 4.39. The van der Waals surface area contributed by atoms with Gasteiger partial charge in [0.25, 0.3) is 0 Å². The molecule has 0 amide bonds. The molecule has 0 spiro atoms. The molecule has 7 heteroatoms. The highest BCUT2D eigenvalue weighted by atomic mass is 19.4. The predicted octanol–water partition coefficient (Wildman–Crippen LogP) is 4.72. The van der Waals surface area contributed by atoms with Crippen molar-refractivity contribution in [3.63, 3.8) is 0 Å². The zero-order valence-electron chi connectivity index (χ0n) is 13.5. The van der Waals surface area contributed by atoms with E-state index >= 15 is 0 Å². The Balaban J connectivity index is 2.07. The van der Waals surface area contributed by atoms with E-state index in [0.29, 0.717) is 22.8 Å². The fourth-order valence-electron chi connectivity index (χ4n) is 2.33. The predicted molar refractivity (Wildman–Crippen MR) is 86.9 cm³/mol. The Morgan fingerprint density at radius 2 is 1.68 bits per heavy atom. The van der Waals surface area contributed by atoms with Crippen molar-refractivity contribution in [2.24, 2.45) is 0 Å². The number of hydrogen-bond acceptors (Lipinski definition) is 4. The van der Waals surface area contributed by atoms with E-state index in [-0.39, 0.29) is 11.3 Å². The lowest BCUT2D eigenvalue weighted by molar-refractivity contribution is -0.274. The minimum Gasteiger partial charge on any atom is -0.405 e. The van der Waals surface area contributed by atoms with E-state index < -0.39 is 6.36 Å². The number of ether oxygens (including phenoxy) is 1. The summed E-state index contributed by atoms with van der Waals surface area (Å²) in [7, 11) is 0. The Labute approximate surface area is 142 Å². The Morgan fingerprint density at radius 1 is 0.920 bits per heavy atom. The van der Waals surface area contributed by atoms with E-state index in [1.807, 2.05) is 6.92 Å². The lowest BCUT2D eigenvalue weighted by Crippen LogP contribution is -2.17. The number of pyridine rings is 1. The number of nitrogens with zero attached hydrogens (tertiary/aromatic N) is 3. The molecular weight excluding hydrogens is 331 g/mol. The fourth-order valence-corrected chi connectivity index (χ4v) is 2.33. The molecule has 0 N–H and O–H groups in total. The molecule has 0 bridgehead atoms. The van der Waals surface area contributed by atoms with Gasteiger partial charge in [-0.15, -0.1) is 13.2 Å². The zero-order chi connectivity index (χ0) is 18.0. The van der Waals surface area contributed by atoms with Gasteiger partial charge in [-0.25, -0.2) is 15.0 Å². The second-order valence-electron chi connectivity index (χ2n) is 5.48. The molecule has 2 heterocycles. The average molecular weight is 345 g/mol. The summed E-state index contributed by atoms with van der Waals surface area (Å²) >= 11 is 0. The van der Waals surface area contributed by atoms with E-state index in [9.17, 15) is 13.2 Å². The highest BCUT2D eigenvalue weighted by Crippen LogP contribution is 2.34. The van der Waals surface area contributed by atoms with Crippen LogP contribution in [-0.4, -0.2) is 21.3 Å². The average Bonchev–Trinajstić information content (AvgIpc) is 2.53. The summed E-state index contributed by atoms with van der Waals surface area (Å²) < 4.78 is 42.2. The van der Waals surface area contributed by atoms with Crippen molar-refractivity contribution in [1.82, 2.24) is 15.0 Å². The number of aromatic nitrogens is 3. The molecule has 0 radical (unpaired) electrons. The summed E-state index contributed by atoms with van der Waals surface area (Å²) in [6.07, 6.45) is -3.17. The Morgan fingerprint density at radius 3 is 2.40 bits per heavy atom. The molecule has 3 aromatic rings. The third-order valence-corrected chi connectivity index (χ3v) is 3.41. The molecule has 0 atom stereocenters. The number of hydrogen-bond donors (Lipinski definition) is 0. The largest absolute Gasteiger partial charge is 0.573 e. The zero-order valence-corrected chi connectivity index (χ0v) is 13.5. The molecular formula is C18H14F3N3O. The van der Waals surface area contributed by atoms with Crippen molar-refractivity contribution >= 4 is 0 Å². The molecule has 0 saturated carbocycles. The highest BCUT2D eigenvalue weighted by Gasteiger charge is 2.32. The van der Waals surface area contributed by atoms with Crippen molar-refractivity contribution < 1.29 is 17.9 Å². The van der Waals surface area contributed by atoms with Gasteiger partial charge in [0.2, 0.25) is 0 Å². The quantitative estimate of drug-likeness (QED) is 0.689. The summed E-state index contributed by atoms with van der Waals surface area (Å²) in [4.78, 5) is 12.8. The summed E-state index contributed by atoms with van der Waals surface area (Å²) in [5, 5.41) is 0.